The van der Waals surface area contributed by atoms with Crippen LogP contribution >= 0.6 is 27.7 Å². The molecule has 0 aliphatic carbocycles. The zero-order valence-corrected chi connectivity index (χ0v) is 13.2. The molecule has 4 heteroatoms. The Morgan fingerprint density at radius 1 is 1.44 bits per heavy atom. The SMILES string of the molecule is CC(C)CC1CN=C(NCc2ccccc2Br)S1. The molecule has 0 saturated heterocycles. The van der Waals surface area contributed by atoms with Gasteiger partial charge >= 0.3 is 0 Å². The largest absolute Gasteiger partial charge is 0.361 e. The fraction of sp³-hybridized carbons (Fsp3) is 0.500. The molecule has 0 saturated carbocycles. The minimum Gasteiger partial charge on any atom is -0.361 e. The van der Waals surface area contributed by atoms with Crippen LogP contribution in [0.25, 0.3) is 0 Å². The van der Waals surface area contributed by atoms with Crippen LogP contribution < -0.4 is 5.32 Å². The van der Waals surface area contributed by atoms with Crippen molar-refractivity contribution in [2.24, 2.45) is 10.9 Å². The topological polar surface area (TPSA) is 24.4 Å². The minimum atomic E-state index is 0.659. The van der Waals surface area contributed by atoms with E-state index in [1.165, 1.54) is 12.0 Å². The zero-order valence-electron chi connectivity index (χ0n) is 10.8. The molecule has 1 unspecified atom stereocenters. The lowest BCUT2D eigenvalue weighted by Crippen LogP contribution is -2.19. The Morgan fingerprint density at radius 2 is 2.22 bits per heavy atom. The molecule has 0 bridgehead atoms. The van der Waals surface area contributed by atoms with Crippen LogP contribution in [0.3, 0.4) is 0 Å². The van der Waals surface area contributed by atoms with Crippen LogP contribution in [-0.2, 0) is 6.54 Å². The van der Waals surface area contributed by atoms with Crippen LogP contribution in [-0.4, -0.2) is 17.0 Å². The van der Waals surface area contributed by atoms with E-state index in [4.69, 9.17) is 0 Å². The summed E-state index contributed by atoms with van der Waals surface area (Å²) in [5.74, 6) is 0.750. The molecule has 2 nitrogen and oxygen atoms in total. The maximum atomic E-state index is 4.57. The number of hydrogen-bond donors (Lipinski definition) is 1. The average Bonchev–Trinajstić information content (AvgIpc) is 2.75. The van der Waals surface area contributed by atoms with E-state index in [-0.39, 0.29) is 0 Å². The van der Waals surface area contributed by atoms with Gasteiger partial charge in [0.2, 0.25) is 0 Å². The normalized spacial score (nSPS) is 19.1. The van der Waals surface area contributed by atoms with Gasteiger partial charge in [-0.25, -0.2) is 0 Å². The number of benzene rings is 1. The fourth-order valence-electron chi connectivity index (χ4n) is 1.98. The van der Waals surface area contributed by atoms with E-state index in [0.717, 1.165) is 28.6 Å². The monoisotopic (exact) mass is 326 g/mol. The molecular formula is C14H19BrN2S. The number of amidine groups is 1. The summed E-state index contributed by atoms with van der Waals surface area (Å²) in [5, 5.41) is 5.18. The van der Waals surface area contributed by atoms with Gasteiger partial charge in [0.25, 0.3) is 0 Å². The molecule has 2 rings (SSSR count). The van der Waals surface area contributed by atoms with Crippen molar-refractivity contribution in [3.8, 4) is 0 Å². The molecule has 0 amide bonds. The van der Waals surface area contributed by atoms with E-state index < -0.39 is 0 Å². The molecule has 1 heterocycles. The second kappa shape index (κ2) is 6.62. The van der Waals surface area contributed by atoms with E-state index in [1.807, 2.05) is 17.8 Å². The van der Waals surface area contributed by atoms with Gasteiger partial charge in [0.15, 0.2) is 5.17 Å². The lowest BCUT2D eigenvalue weighted by Gasteiger charge is -2.11. The number of hydrogen-bond acceptors (Lipinski definition) is 3. The summed E-state index contributed by atoms with van der Waals surface area (Å²) in [6.07, 6.45) is 1.24. The van der Waals surface area contributed by atoms with Gasteiger partial charge < -0.3 is 5.32 Å². The van der Waals surface area contributed by atoms with Gasteiger partial charge in [0.1, 0.15) is 0 Å². The average molecular weight is 327 g/mol. The third kappa shape index (κ3) is 4.02. The van der Waals surface area contributed by atoms with Crippen molar-refractivity contribution < 1.29 is 0 Å². The van der Waals surface area contributed by atoms with Gasteiger partial charge in [-0.3, -0.25) is 4.99 Å². The summed E-state index contributed by atoms with van der Waals surface area (Å²) in [6.45, 7) is 6.34. The van der Waals surface area contributed by atoms with Crippen LogP contribution in [0.4, 0.5) is 0 Å². The summed E-state index contributed by atoms with van der Waals surface area (Å²) in [6, 6.07) is 8.30. The quantitative estimate of drug-likeness (QED) is 0.902. The van der Waals surface area contributed by atoms with Crippen molar-refractivity contribution in [3.05, 3.63) is 34.3 Å². The van der Waals surface area contributed by atoms with Gasteiger partial charge in [0, 0.05) is 16.3 Å². The smallest absolute Gasteiger partial charge is 0.157 e. The predicted octanol–water partition coefficient (Wildman–Crippen LogP) is 4.06. The lowest BCUT2D eigenvalue weighted by molar-refractivity contribution is 0.575. The highest BCUT2D eigenvalue weighted by atomic mass is 79.9. The van der Waals surface area contributed by atoms with Crippen LogP contribution in [0.5, 0.6) is 0 Å². The van der Waals surface area contributed by atoms with Crippen molar-refractivity contribution in [2.45, 2.75) is 32.1 Å². The van der Waals surface area contributed by atoms with Crippen LogP contribution in [0.15, 0.2) is 33.7 Å². The van der Waals surface area contributed by atoms with Crippen molar-refractivity contribution >= 4 is 32.9 Å². The van der Waals surface area contributed by atoms with Gasteiger partial charge in [-0.05, 0) is 24.0 Å². The second-order valence-corrected chi connectivity index (χ2v) is 7.10. The third-order valence-electron chi connectivity index (χ3n) is 2.84. The summed E-state index contributed by atoms with van der Waals surface area (Å²) in [5.41, 5.74) is 1.27. The first kappa shape index (κ1) is 13.9. The van der Waals surface area contributed by atoms with Crippen molar-refractivity contribution in [1.29, 1.82) is 0 Å². The first-order chi connectivity index (χ1) is 8.65. The summed E-state index contributed by atoms with van der Waals surface area (Å²) in [4.78, 5) is 4.57. The third-order valence-corrected chi connectivity index (χ3v) is 4.78. The Kier molecular flexibility index (Phi) is 5.13. The fourth-order valence-corrected chi connectivity index (χ4v) is 3.65. The first-order valence-electron chi connectivity index (χ1n) is 6.33. The molecule has 18 heavy (non-hydrogen) atoms. The van der Waals surface area contributed by atoms with Crippen LogP contribution in [0.1, 0.15) is 25.8 Å². The van der Waals surface area contributed by atoms with Crippen LogP contribution in [0, 0.1) is 5.92 Å². The highest BCUT2D eigenvalue weighted by Crippen LogP contribution is 2.26. The molecule has 1 aliphatic rings. The van der Waals surface area contributed by atoms with E-state index in [9.17, 15) is 0 Å². The standard InChI is InChI=1S/C14H19BrN2S/c1-10(2)7-12-9-17-14(18-12)16-8-11-5-3-4-6-13(11)15/h3-6,10,12H,7-9H2,1-2H3,(H,16,17). The number of nitrogens with one attached hydrogen (secondary N) is 1. The number of aliphatic imine (C=N–C) groups is 1. The number of thioether (sulfide) groups is 1. The number of nitrogens with zero attached hydrogens (tertiary/aromatic N) is 1. The second-order valence-electron chi connectivity index (χ2n) is 4.96. The van der Waals surface area contributed by atoms with E-state index in [2.05, 4.69) is 58.3 Å². The molecular weight excluding hydrogens is 308 g/mol. The van der Waals surface area contributed by atoms with E-state index in [0.29, 0.717) is 5.25 Å². The maximum absolute atomic E-state index is 4.57. The molecule has 1 aromatic carbocycles. The highest BCUT2D eigenvalue weighted by Gasteiger charge is 2.20. The molecule has 98 valence electrons. The molecule has 0 radical (unpaired) electrons. The maximum Gasteiger partial charge on any atom is 0.157 e. The van der Waals surface area contributed by atoms with Gasteiger partial charge in [-0.2, -0.15) is 0 Å². The Labute approximate surface area is 122 Å². The van der Waals surface area contributed by atoms with Gasteiger partial charge in [-0.15, -0.1) is 0 Å². The van der Waals surface area contributed by atoms with Gasteiger partial charge in [-0.1, -0.05) is 59.7 Å². The van der Waals surface area contributed by atoms with E-state index >= 15 is 0 Å². The lowest BCUT2D eigenvalue weighted by atomic mass is 10.1. The highest BCUT2D eigenvalue weighted by molar-refractivity contribution is 9.10. The molecule has 0 fully saturated rings. The summed E-state index contributed by atoms with van der Waals surface area (Å²) < 4.78 is 1.15. The molecule has 1 N–H and O–H groups in total. The molecule has 0 aromatic heterocycles. The van der Waals surface area contributed by atoms with Gasteiger partial charge in [0.05, 0.1) is 6.54 Å². The minimum absolute atomic E-state index is 0.659. The Balaban J connectivity index is 1.80. The van der Waals surface area contributed by atoms with Crippen molar-refractivity contribution in [1.82, 2.24) is 5.32 Å². The van der Waals surface area contributed by atoms with Crippen molar-refractivity contribution in [2.75, 3.05) is 6.54 Å². The predicted molar refractivity (Wildman–Crippen MR) is 84.1 cm³/mol. The van der Waals surface area contributed by atoms with E-state index in [1.54, 1.807) is 0 Å². The Hall–Kier alpha value is -0.480. The molecule has 0 spiro atoms. The Bertz CT molecular complexity index is 432. The molecule has 1 aromatic rings. The van der Waals surface area contributed by atoms with Crippen molar-refractivity contribution in [3.63, 3.8) is 0 Å². The van der Waals surface area contributed by atoms with Crippen LogP contribution in [0.2, 0.25) is 0 Å². The first-order valence-corrected chi connectivity index (χ1v) is 8.01. The summed E-state index contributed by atoms with van der Waals surface area (Å²) in [7, 11) is 0. The molecule has 1 atom stereocenters. The summed E-state index contributed by atoms with van der Waals surface area (Å²) >= 11 is 5.45. The molecule has 1 aliphatic heterocycles. The Morgan fingerprint density at radius 3 is 2.94 bits per heavy atom. The number of rotatable bonds is 4. The number of halogens is 1. The zero-order chi connectivity index (χ0) is 13.0.